The van der Waals surface area contributed by atoms with Crippen molar-refractivity contribution in [2.45, 2.75) is 0 Å². The fourth-order valence-electron chi connectivity index (χ4n) is 2.30. The third kappa shape index (κ3) is 3.80. The fourth-order valence-corrected chi connectivity index (χ4v) is 3.29. The highest BCUT2D eigenvalue weighted by molar-refractivity contribution is 7.22. The number of methoxy groups -OCH3 is 1. The molecule has 0 aliphatic rings. The lowest BCUT2D eigenvalue weighted by atomic mass is 10.3. The average molecular weight is 359 g/mol. The van der Waals surface area contributed by atoms with Gasteiger partial charge in [0.15, 0.2) is 16.6 Å². The predicted octanol–water partition coefficient (Wildman–Crippen LogP) is 3.73. The first-order valence-electron chi connectivity index (χ1n) is 7.60. The number of rotatable bonds is 7. The average Bonchev–Trinajstić information content (AvgIpc) is 3.05. The van der Waals surface area contributed by atoms with Crippen LogP contribution in [0.3, 0.4) is 0 Å². The van der Waals surface area contributed by atoms with Crippen LogP contribution in [-0.4, -0.2) is 37.2 Å². The molecule has 7 nitrogen and oxygen atoms in total. The number of nitrogens with zero attached hydrogens (tertiary/aromatic N) is 3. The van der Waals surface area contributed by atoms with E-state index < -0.39 is 4.92 Å². The molecule has 0 atom stereocenters. The van der Waals surface area contributed by atoms with Gasteiger partial charge in [-0.05, 0) is 18.2 Å². The summed E-state index contributed by atoms with van der Waals surface area (Å²) in [4.78, 5) is 16.9. The summed E-state index contributed by atoms with van der Waals surface area (Å²) in [5.41, 5.74) is 0.827. The Morgan fingerprint density at radius 3 is 2.72 bits per heavy atom. The standard InChI is InChI=1S/C17H17N3O4S/c1-19(9-10-24-15-6-4-3-5-14(15)23-2)17-18-13-8-7-12(20(21)22)11-16(13)25-17/h3-8,11H,9-10H2,1-2H3. The van der Waals surface area contributed by atoms with E-state index in [2.05, 4.69) is 4.98 Å². The quantitative estimate of drug-likeness (QED) is 0.472. The molecule has 0 saturated heterocycles. The molecule has 1 heterocycles. The molecule has 25 heavy (non-hydrogen) atoms. The smallest absolute Gasteiger partial charge is 0.270 e. The highest BCUT2D eigenvalue weighted by Gasteiger charge is 2.13. The van der Waals surface area contributed by atoms with Gasteiger partial charge in [-0.2, -0.15) is 0 Å². The number of thiazole rings is 1. The van der Waals surface area contributed by atoms with Gasteiger partial charge in [-0.3, -0.25) is 10.1 Å². The second-order valence-electron chi connectivity index (χ2n) is 5.33. The van der Waals surface area contributed by atoms with Gasteiger partial charge in [0.1, 0.15) is 6.61 Å². The number of hydrogen-bond acceptors (Lipinski definition) is 7. The maximum atomic E-state index is 10.9. The van der Waals surface area contributed by atoms with E-state index in [-0.39, 0.29) is 5.69 Å². The molecule has 0 N–H and O–H groups in total. The van der Waals surface area contributed by atoms with Crippen LogP contribution in [0.25, 0.3) is 10.2 Å². The monoisotopic (exact) mass is 359 g/mol. The zero-order chi connectivity index (χ0) is 17.8. The summed E-state index contributed by atoms with van der Waals surface area (Å²) in [6.45, 7) is 1.09. The number of para-hydroxylation sites is 2. The molecule has 0 spiro atoms. The molecule has 0 unspecified atom stereocenters. The molecule has 3 aromatic rings. The number of ether oxygens (including phenoxy) is 2. The largest absolute Gasteiger partial charge is 0.493 e. The maximum Gasteiger partial charge on any atom is 0.270 e. The van der Waals surface area contributed by atoms with E-state index in [1.54, 1.807) is 19.2 Å². The number of non-ortho nitro benzene ring substituents is 1. The third-order valence-electron chi connectivity index (χ3n) is 3.65. The Hall–Kier alpha value is -2.87. The molecule has 8 heteroatoms. The molecular weight excluding hydrogens is 342 g/mol. The maximum absolute atomic E-state index is 10.9. The molecule has 3 rings (SSSR count). The number of nitro groups is 1. The summed E-state index contributed by atoms with van der Waals surface area (Å²) < 4.78 is 11.8. The van der Waals surface area contributed by atoms with Crippen LogP contribution in [0.15, 0.2) is 42.5 Å². The summed E-state index contributed by atoms with van der Waals surface area (Å²) >= 11 is 1.42. The van der Waals surface area contributed by atoms with Crippen molar-refractivity contribution >= 4 is 32.4 Å². The van der Waals surface area contributed by atoms with Crippen LogP contribution in [-0.2, 0) is 0 Å². The van der Waals surface area contributed by atoms with Crippen molar-refractivity contribution in [1.29, 1.82) is 0 Å². The first kappa shape index (κ1) is 17.0. The predicted molar refractivity (Wildman–Crippen MR) is 98.0 cm³/mol. The molecule has 0 fully saturated rings. The molecular formula is C17H17N3O4S. The molecule has 0 radical (unpaired) electrons. The van der Waals surface area contributed by atoms with Crippen molar-refractivity contribution in [2.24, 2.45) is 0 Å². The summed E-state index contributed by atoms with van der Waals surface area (Å²) in [6, 6.07) is 12.2. The van der Waals surface area contributed by atoms with Crippen molar-refractivity contribution < 1.29 is 14.4 Å². The Bertz CT molecular complexity index is 896. The van der Waals surface area contributed by atoms with Crippen LogP contribution in [0.2, 0.25) is 0 Å². The normalized spacial score (nSPS) is 10.6. The minimum Gasteiger partial charge on any atom is -0.493 e. The van der Waals surface area contributed by atoms with Gasteiger partial charge in [0.25, 0.3) is 5.69 Å². The number of likely N-dealkylation sites (N-methyl/N-ethyl adjacent to an activating group) is 1. The summed E-state index contributed by atoms with van der Waals surface area (Å²) in [5.74, 6) is 1.38. The van der Waals surface area contributed by atoms with E-state index in [0.717, 1.165) is 15.3 Å². The van der Waals surface area contributed by atoms with Crippen molar-refractivity contribution in [3.05, 3.63) is 52.6 Å². The third-order valence-corrected chi connectivity index (χ3v) is 4.78. The van der Waals surface area contributed by atoms with E-state index in [4.69, 9.17) is 9.47 Å². The van der Waals surface area contributed by atoms with Crippen molar-refractivity contribution in [3.63, 3.8) is 0 Å². The lowest BCUT2D eigenvalue weighted by Crippen LogP contribution is -2.23. The molecule has 1 aromatic heterocycles. The minimum absolute atomic E-state index is 0.0739. The van der Waals surface area contributed by atoms with E-state index in [0.29, 0.717) is 24.7 Å². The molecule has 0 aliphatic heterocycles. The van der Waals surface area contributed by atoms with Crippen molar-refractivity contribution in [3.8, 4) is 11.5 Å². The zero-order valence-corrected chi connectivity index (χ0v) is 14.7. The number of aromatic nitrogens is 1. The Labute approximate surface area is 148 Å². The van der Waals surface area contributed by atoms with Crippen LogP contribution >= 0.6 is 11.3 Å². The molecule has 0 saturated carbocycles. The summed E-state index contributed by atoms with van der Waals surface area (Å²) in [5, 5.41) is 11.7. The first-order chi connectivity index (χ1) is 12.1. The second-order valence-corrected chi connectivity index (χ2v) is 6.34. The van der Waals surface area contributed by atoms with Crippen LogP contribution in [0, 0.1) is 10.1 Å². The highest BCUT2D eigenvalue weighted by Crippen LogP contribution is 2.31. The van der Waals surface area contributed by atoms with Crippen LogP contribution in [0.5, 0.6) is 11.5 Å². The SMILES string of the molecule is COc1ccccc1OCCN(C)c1nc2ccc([N+](=O)[O-])cc2s1. The molecule has 130 valence electrons. The lowest BCUT2D eigenvalue weighted by Gasteiger charge is -2.16. The first-order valence-corrected chi connectivity index (χ1v) is 8.42. The van der Waals surface area contributed by atoms with Crippen LogP contribution in [0.1, 0.15) is 0 Å². The molecule has 0 amide bonds. The van der Waals surface area contributed by atoms with Gasteiger partial charge in [-0.25, -0.2) is 4.98 Å². The fraction of sp³-hybridized carbons (Fsp3) is 0.235. The van der Waals surface area contributed by atoms with E-state index in [9.17, 15) is 10.1 Å². The lowest BCUT2D eigenvalue weighted by molar-refractivity contribution is -0.384. The van der Waals surface area contributed by atoms with Crippen LogP contribution < -0.4 is 14.4 Å². The molecule has 0 bridgehead atoms. The molecule has 2 aromatic carbocycles. The van der Waals surface area contributed by atoms with Crippen molar-refractivity contribution in [2.75, 3.05) is 32.2 Å². The second kappa shape index (κ2) is 7.35. The summed E-state index contributed by atoms with van der Waals surface area (Å²) in [7, 11) is 3.52. The number of hydrogen-bond donors (Lipinski definition) is 0. The number of benzene rings is 2. The van der Waals surface area contributed by atoms with E-state index >= 15 is 0 Å². The van der Waals surface area contributed by atoms with E-state index in [1.165, 1.54) is 17.4 Å². The number of fused-ring (bicyclic) bond motifs is 1. The highest BCUT2D eigenvalue weighted by atomic mass is 32.1. The van der Waals surface area contributed by atoms with Crippen LogP contribution in [0.4, 0.5) is 10.8 Å². The Morgan fingerprint density at radius 2 is 2.00 bits per heavy atom. The minimum atomic E-state index is -0.399. The number of anilines is 1. The van der Waals surface area contributed by atoms with Gasteiger partial charge in [0.05, 0.1) is 28.8 Å². The summed E-state index contributed by atoms with van der Waals surface area (Å²) in [6.07, 6.45) is 0. The van der Waals surface area contributed by atoms with Gasteiger partial charge in [-0.1, -0.05) is 23.5 Å². The van der Waals surface area contributed by atoms with Crippen molar-refractivity contribution in [1.82, 2.24) is 4.98 Å². The van der Waals surface area contributed by atoms with Gasteiger partial charge in [0, 0.05) is 19.2 Å². The number of nitro benzene ring substituents is 1. The van der Waals surface area contributed by atoms with Gasteiger partial charge in [-0.15, -0.1) is 0 Å². The zero-order valence-electron chi connectivity index (χ0n) is 13.8. The van der Waals surface area contributed by atoms with Gasteiger partial charge in [0.2, 0.25) is 0 Å². The van der Waals surface area contributed by atoms with Gasteiger partial charge < -0.3 is 14.4 Å². The Morgan fingerprint density at radius 1 is 1.24 bits per heavy atom. The Balaban J connectivity index is 1.66. The van der Waals surface area contributed by atoms with E-state index in [1.807, 2.05) is 36.2 Å². The topological polar surface area (TPSA) is 77.7 Å². The Kier molecular flexibility index (Phi) is 4.99. The van der Waals surface area contributed by atoms with Gasteiger partial charge >= 0.3 is 0 Å². The molecule has 0 aliphatic carbocycles.